The number of carbonyl (C=O) groups excluding carboxylic acids is 1. The summed E-state index contributed by atoms with van der Waals surface area (Å²) in [4.78, 5) is 23.3. The standard InChI is InChI=1S/C3H7N3O4/c4-3(7)5-1-2-10-6(8)9/h1-2H2,(H3,4,5,7). The van der Waals surface area contributed by atoms with E-state index in [0.29, 0.717) is 0 Å². The quantitative estimate of drug-likeness (QED) is 0.299. The molecule has 58 valence electrons. The number of amides is 2. The fourth-order valence-electron chi connectivity index (χ4n) is 0.294. The summed E-state index contributed by atoms with van der Waals surface area (Å²) in [5.41, 5.74) is 4.63. The summed E-state index contributed by atoms with van der Waals surface area (Å²) in [6.07, 6.45) is 0. The monoisotopic (exact) mass is 149 g/mol. The molecule has 0 spiro atoms. The van der Waals surface area contributed by atoms with Gasteiger partial charge in [0.1, 0.15) is 6.61 Å². The molecular formula is C3H7N3O4. The van der Waals surface area contributed by atoms with Gasteiger partial charge in [0.05, 0.1) is 0 Å². The smallest absolute Gasteiger partial charge is 0.312 e. The lowest BCUT2D eigenvalue weighted by atomic mass is 10.7. The lowest BCUT2D eigenvalue weighted by Gasteiger charge is -1.98. The highest BCUT2D eigenvalue weighted by Gasteiger charge is 1.94. The normalized spacial score (nSPS) is 8.40. The molecule has 0 aromatic rings. The molecule has 0 unspecified atom stereocenters. The van der Waals surface area contributed by atoms with Crippen LogP contribution >= 0.6 is 0 Å². The first-order chi connectivity index (χ1) is 4.63. The van der Waals surface area contributed by atoms with Crippen LogP contribution in [0.5, 0.6) is 0 Å². The van der Waals surface area contributed by atoms with Gasteiger partial charge in [-0.05, 0) is 0 Å². The Kier molecular flexibility index (Phi) is 3.69. The minimum absolute atomic E-state index is 0.0380. The minimum atomic E-state index is -0.942. The first-order valence-electron chi connectivity index (χ1n) is 2.43. The summed E-state index contributed by atoms with van der Waals surface area (Å²) in [6.45, 7) is -0.147. The van der Waals surface area contributed by atoms with Gasteiger partial charge in [0.25, 0.3) is 5.09 Å². The van der Waals surface area contributed by atoms with E-state index in [-0.39, 0.29) is 13.2 Å². The number of hydrogen-bond acceptors (Lipinski definition) is 4. The third-order valence-corrected chi connectivity index (χ3v) is 0.598. The average Bonchev–Trinajstić information content (AvgIpc) is 1.79. The van der Waals surface area contributed by atoms with Crippen molar-refractivity contribution in [1.29, 1.82) is 0 Å². The van der Waals surface area contributed by atoms with Gasteiger partial charge in [0.15, 0.2) is 0 Å². The molecule has 0 rings (SSSR count). The summed E-state index contributed by atoms with van der Waals surface area (Å²) in [7, 11) is 0. The van der Waals surface area contributed by atoms with Gasteiger partial charge in [-0.1, -0.05) is 0 Å². The predicted octanol–water partition coefficient (Wildman–Crippen LogP) is -1.14. The molecule has 0 aromatic heterocycles. The van der Waals surface area contributed by atoms with Gasteiger partial charge in [0, 0.05) is 6.54 Å². The van der Waals surface area contributed by atoms with Crippen molar-refractivity contribution in [3.8, 4) is 0 Å². The van der Waals surface area contributed by atoms with E-state index in [1.165, 1.54) is 0 Å². The number of carbonyl (C=O) groups is 1. The van der Waals surface area contributed by atoms with Crippen LogP contribution in [0.25, 0.3) is 0 Å². The third-order valence-electron chi connectivity index (χ3n) is 0.598. The molecule has 0 heterocycles. The van der Waals surface area contributed by atoms with Crippen molar-refractivity contribution in [2.75, 3.05) is 13.2 Å². The van der Waals surface area contributed by atoms with Crippen molar-refractivity contribution in [2.24, 2.45) is 5.73 Å². The van der Waals surface area contributed by atoms with Crippen molar-refractivity contribution in [2.45, 2.75) is 0 Å². The topological polar surface area (TPSA) is 107 Å². The maximum absolute atomic E-state index is 9.93. The molecular weight excluding hydrogens is 142 g/mol. The van der Waals surface area contributed by atoms with Crippen LogP contribution in [0.1, 0.15) is 0 Å². The molecule has 2 amide bonds. The second kappa shape index (κ2) is 4.36. The third kappa shape index (κ3) is 6.47. The molecule has 0 aromatic carbocycles. The Hall–Kier alpha value is -1.53. The minimum Gasteiger partial charge on any atom is -0.352 e. The van der Waals surface area contributed by atoms with E-state index in [4.69, 9.17) is 0 Å². The highest BCUT2D eigenvalue weighted by Crippen LogP contribution is 1.71. The molecule has 0 atom stereocenters. The van der Waals surface area contributed by atoms with Crippen LogP contribution in [-0.2, 0) is 4.84 Å². The Morgan fingerprint density at radius 2 is 2.40 bits per heavy atom. The van der Waals surface area contributed by atoms with E-state index in [2.05, 4.69) is 15.9 Å². The van der Waals surface area contributed by atoms with Gasteiger partial charge >= 0.3 is 6.03 Å². The Morgan fingerprint density at radius 3 is 2.80 bits per heavy atom. The highest BCUT2D eigenvalue weighted by atomic mass is 16.9. The molecule has 0 aliphatic heterocycles. The molecule has 0 saturated carbocycles. The van der Waals surface area contributed by atoms with Crippen molar-refractivity contribution in [3.05, 3.63) is 10.1 Å². The van der Waals surface area contributed by atoms with Crippen LogP contribution in [0.15, 0.2) is 0 Å². The first kappa shape index (κ1) is 8.47. The zero-order chi connectivity index (χ0) is 7.98. The molecule has 0 aliphatic rings. The number of nitrogens with one attached hydrogen (secondary N) is 1. The Bertz CT molecular complexity index is 120. The molecule has 0 aliphatic carbocycles. The lowest BCUT2D eigenvalue weighted by Crippen LogP contribution is -2.32. The average molecular weight is 149 g/mol. The van der Waals surface area contributed by atoms with Crippen molar-refractivity contribution in [3.63, 3.8) is 0 Å². The molecule has 0 bridgehead atoms. The summed E-state index contributed by atoms with van der Waals surface area (Å²) in [6, 6.07) is -0.730. The number of nitrogens with zero attached hydrogens (tertiary/aromatic N) is 1. The predicted molar refractivity (Wildman–Crippen MR) is 30.5 cm³/mol. The fourth-order valence-corrected chi connectivity index (χ4v) is 0.294. The van der Waals surface area contributed by atoms with Crippen LogP contribution in [0.4, 0.5) is 4.79 Å². The SMILES string of the molecule is NC(=O)NCCO[N+](=O)[O-]. The second-order valence-corrected chi connectivity index (χ2v) is 1.35. The van der Waals surface area contributed by atoms with E-state index in [0.717, 1.165) is 0 Å². The number of hydrogen-bond donors (Lipinski definition) is 2. The van der Waals surface area contributed by atoms with Gasteiger partial charge in [-0.15, -0.1) is 10.1 Å². The van der Waals surface area contributed by atoms with Crippen LogP contribution in [-0.4, -0.2) is 24.3 Å². The fraction of sp³-hybridized carbons (Fsp3) is 0.667. The molecule has 7 nitrogen and oxygen atoms in total. The summed E-state index contributed by atoms with van der Waals surface area (Å²) < 4.78 is 0. The van der Waals surface area contributed by atoms with Crippen molar-refractivity contribution < 1.29 is 14.7 Å². The Labute approximate surface area is 56.2 Å². The lowest BCUT2D eigenvalue weighted by molar-refractivity contribution is -0.757. The summed E-state index contributed by atoms with van der Waals surface area (Å²) in [5, 5.41) is 10.7. The molecule has 0 radical (unpaired) electrons. The van der Waals surface area contributed by atoms with Crippen molar-refractivity contribution >= 4 is 6.03 Å². The Balaban J connectivity index is 3.06. The maximum Gasteiger partial charge on any atom is 0.312 e. The molecule has 3 N–H and O–H groups in total. The highest BCUT2D eigenvalue weighted by molar-refractivity contribution is 5.71. The number of urea groups is 1. The van der Waals surface area contributed by atoms with E-state index in [1.54, 1.807) is 0 Å². The number of nitrogens with two attached hydrogens (primary N) is 1. The van der Waals surface area contributed by atoms with Gasteiger partial charge in [-0.3, -0.25) is 0 Å². The summed E-state index contributed by atoms with van der Waals surface area (Å²) >= 11 is 0. The van der Waals surface area contributed by atoms with E-state index in [9.17, 15) is 14.9 Å². The van der Waals surface area contributed by atoms with Gasteiger partial charge in [-0.2, -0.15) is 0 Å². The molecule has 0 saturated heterocycles. The van der Waals surface area contributed by atoms with Crippen LogP contribution < -0.4 is 11.1 Å². The van der Waals surface area contributed by atoms with Gasteiger partial charge in [0.2, 0.25) is 0 Å². The van der Waals surface area contributed by atoms with E-state index >= 15 is 0 Å². The summed E-state index contributed by atoms with van der Waals surface area (Å²) in [5.74, 6) is 0. The molecule has 10 heavy (non-hydrogen) atoms. The van der Waals surface area contributed by atoms with E-state index in [1.807, 2.05) is 0 Å². The second-order valence-electron chi connectivity index (χ2n) is 1.35. The van der Waals surface area contributed by atoms with Crippen molar-refractivity contribution in [1.82, 2.24) is 5.32 Å². The Morgan fingerprint density at radius 1 is 1.80 bits per heavy atom. The van der Waals surface area contributed by atoms with Gasteiger partial charge in [-0.25, -0.2) is 4.79 Å². The number of rotatable bonds is 4. The van der Waals surface area contributed by atoms with Gasteiger partial charge < -0.3 is 15.9 Å². The number of primary amides is 1. The van der Waals surface area contributed by atoms with E-state index < -0.39 is 11.1 Å². The van der Waals surface area contributed by atoms with Crippen LogP contribution in [0, 0.1) is 10.1 Å². The first-order valence-corrected chi connectivity index (χ1v) is 2.43. The maximum atomic E-state index is 9.93. The van der Waals surface area contributed by atoms with Crippen LogP contribution in [0.2, 0.25) is 0 Å². The largest absolute Gasteiger partial charge is 0.352 e. The molecule has 0 fully saturated rings. The van der Waals surface area contributed by atoms with Crippen LogP contribution in [0.3, 0.4) is 0 Å². The molecule has 7 heteroatoms. The zero-order valence-electron chi connectivity index (χ0n) is 5.07. The zero-order valence-corrected chi connectivity index (χ0v) is 5.07.